The van der Waals surface area contributed by atoms with Gasteiger partial charge in [-0.2, -0.15) is 29.3 Å². The molecule has 0 aliphatic heterocycles. The van der Waals surface area contributed by atoms with Gasteiger partial charge in [0.25, 0.3) is 0 Å². The molecule has 2 aromatic carbocycles. The van der Waals surface area contributed by atoms with Crippen molar-refractivity contribution in [1.29, 1.82) is 0 Å². The van der Waals surface area contributed by atoms with E-state index in [0.717, 1.165) is 6.42 Å². The molecule has 47 heavy (non-hydrogen) atoms. The molecule has 0 N–H and O–H groups in total. The number of hydrogen-bond acceptors (Lipinski definition) is 0. The van der Waals surface area contributed by atoms with Gasteiger partial charge < -0.3 is 24.8 Å². The van der Waals surface area contributed by atoms with Crippen LogP contribution in [0.4, 0.5) is 0 Å². The molecule has 4 heteroatoms. The summed E-state index contributed by atoms with van der Waals surface area (Å²) in [6.45, 7) is 27.3. The van der Waals surface area contributed by atoms with Gasteiger partial charge in [-0.05, 0) is 34.7 Å². The van der Waals surface area contributed by atoms with Crippen LogP contribution in [0.5, 0.6) is 0 Å². The van der Waals surface area contributed by atoms with Crippen LogP contribution in [-0.4, -0.2) is 11.3 Å². The molecule has 5 aliphatic carbocycles. The van der Waals surface area contributed by atoms with Crippen LogP contribution in [0.1, 0.15) is 98.6 Å². The van der Waals surface area contributed by atoms with Crippen LogP contribution in [-0.2, 0) is 30.7 Å². The average molecular weight is 767 g/mol. The van der Waals surface area contributed by atoms with E-state index in [1.807, 2.05) is 0 Å². The number of halogens is 2. The van der Waals surface area contributed by atoms with E-state index in [4.69, 9.17) is 0 Å². The summed E-state index contributed by atoms with van der Waals surface area (Å²) in [4.78, 5) is 0. The van der Waals surface area contributed by atoms with Crippen molar-refractivity contribution in [2.24, 2.45) is 40.4 Å². The Bertz CT molecular complexity index is 1480. The van der Waals surface area contributed by atoms with Crippen LogP contribution >= 0.6 is 0 Å². The first kappa shape index (κ1) is 40.6. The maximum absolute atomic E-state index is 2.63. The Morgan fingerprint density at radius 1 is 0.872 bits per heavy atom. The fourth-order valence-electron chi connectivity index (χ4n) is 9.69. The molecule has 0 spiro atoms. The van der Waals surface area contributed by atoms with E-state index >= 15 is 0 Å². The zero-order valence-electron chi connectivity index (χ0n) is 31.2. The van der Waals surface area contributed by atoms with E-state index in [0.29, 0.717) is 29.6 Å². The van der Waals surface area contributed by atoms with Gasteiger partial charge in [-0.1, -0.05) is 134 Å². The van der Waals surface area contributed by atoms with Gasteiger partial charge in [0, 0.05) is 13.5 Å². The molecule has 7 unspecified atom stereocenters. The van der Waals surface area contributed by atoms with Crippen molar-refractivity contribution in [3.8, 4) is 0 Å². The van der Waals surface area contributed by atoms with Crippen molar-refractivity contribution in [1.82, 2.24) is 0 Å². The van der Waals surface area contributed by atoms with Crippen molar-refractivity contribution >= 4 is 22.0 Å². The Morgan fingerprint density at radius 3 is 2.04 bits per heavy atom. The molecule has 0 nitrogen and oxygen atoms in total. The third-order valence-electron chi connectivity index (χ3n) is 13.5. The molecular formula is C43H60Cl2SiZr-2. The fraction of sp³-hybridized carbons (Fsp3) is 0.558. The molecular weight excluding hydrogens is 707 g/mol. The molecule has 7 atom stereocenters. The summed E-state index contributed by atoms with van der Waals surface area (Å²) in [6, 6.07) is 17.9. The van der Waals surface area contributed by atoms with Gasteiger partial charge in [0.15, 0.2) is 0 Å². The van der Waals surface area contributed by atoms with Crippen LogP contribution in [0.3, 0.4) is 0 Å². The predicted octanol–water partition coefficient (Wildman–Crippen LogP) is 5.31. The summed E-state index contributed by atoms with van der Waals surface area (Å²) >= 11 is 1.69. The monoisotopic (exact) mass is 764 g/mol. The van der Waals surface area contributed by atoms with Gasteiger partial charge in [-0.3, -0.25) is 0 Å². The molecule has 2 saturated carbocycles. The van der Waals surface area contributed by atoms with Crippen molar-refractivity contribution < 1.29 is 49.0 Å². The molecule has 0 heterocycles. The minimum atomic E-state index is -0.981. The van der Waals surface area contributed by atoms with Gasteiger partial charge >= 0.3 is 59.5 Å². The third-order valence-corrected chi connectivity index (χ3v) is 16.8. The molecule has 0 saturated heterocycles. The standard InChI is InChI=1S/C29H37.C8H13Si.C6H10.2ClH.Zr/c1-16-13-14-25-26-23-12-10-9-11-22(23)15-24(26)27-19(4)17(2)18(3)21(6)29(27,8)28(25,7)20(16)5;1-9(2,3)8-6-4-5-7-8;1-2-4-6-5-3-1;;;/h9-14,16-18,20-21H,15H2,1-8H3;4-7H,1-3H3;1-5H2;2*1H;/q2*-1;;;;+2/p-2. The maximum atomic E-state index is 2.63. The first-order valence-electron chi connectivity index (χ1n) is 18.0. The van der Waals surface area contributed by atoms with E-state index < -0.39 is 8.07 Å². The molecule has 2 aromatic rings. The number of hydrogen-bond donors (Lipinski definition) is 0. The molecule has 5 aliphatic rings. The Hall–Kier alpha value is -0.790. The number of benzene rings is 1. The van der Waals surface area contributed by atoms with Gasteiger partial charge in [-0.15, -0.1) is 6.92 Å². The van der Waals surface area contributed by atoms with E-state index in [2.05, 4.69) is 136 Å². The van der Waals surface area contributed by atoms with Crippen LogP contribution in [0.15, 0.2) is 77.4 Å². The van der Waals surface area contributed by atoms with E-state index in [1.165, 1.54) is 43.2 Å². The summed E-state index contributed by atoms with van der Waals surface area (Å²) in [7, 11) is -0.981. The molecule has 0 radical (unpaired) electrons. The summed E-state index contributed by atoms with van der Waals surface area (Å²) < 4.78 is 1.80. The minimum absolute atomic E-state index is 0. The van der Waals surface area contributed by atoms with Crippen LogP contribution in [0, 0.1) is 46.3 Å². The Kier molecular flexibility index (Phi) is 13.5. The predicted molar refractivity (Wildman–Crippen MR) is 197 cm³/mol. The van der Waals surface area contributed by atoms with Crippen molar-refractivity contribution in [3.05, 3.63) is 94.4 Å². The van der Waals surface area contributed by atoms with Crippen LogP contribution in [0.2, 0.25) is 19.6 Å². The Balaban J connectivity index is 0.000000275. The molecule has 0 bridgehead atoms. The average Bonchev–Trinajstić information content (AvgIpc) is 3.68. The molecule has 0 amide bonds. The van der Waals surface area contributed by atoms with E-state index in [1.54, 1.807) is 60.8 Å². The number of allylic oxidation sites excluding steroid dienone is 6. The topological polar surface area (TPSA) is 0 Å². The SMILES string of the molecule is C[C-]1C2=C3Cc4ccccc4C3=C3C=CC(C)C(C)C3(C)C2(C)C(C)C(C)C1C.C[Si](C)(C)c1cc[cH-]c1.[Cl-].[Cl-].[Zr+2]=[C]1CCCCC1. The third kappa shape index (κ3) is 7.08. The van der Waals surface area contributed by atoms with Gasteiger partial charge in [0.2, 0.25) is 0 Å². The first-order valence-corrected chi connectivity index (χ1v) is 22.8. The van der Waals surface area contributed by atoms with E-state index in [9.17, 15) is 0 Å². The summed E-state index contributed by atoms with van der Waals surface area (Å²) in [6.07, 6.45) is 13.4. The number of fused-ring (bicyclic) bond motifs is 6. The molecule has 256 valence electrons. The van der Waals surface area contributed by atoms with Crippen LogP contribution in [0.25, 0.3) is 5.57 Å². The van der Waals surface area contributed by atoms with Crippen molar-refractivity contribution in [2.45, 2.75) is 114 Å². The molecule has 0 aromatic heterocycles. The van der Waals surface area contributed by atoms with Gasteiger partial charge in [-0.25, -0.2) is 17.2 Å². The second-order valence-corrected chi connectivity index (χ2v) is 23.4. The second kappa shape index (κ2) is 15.6. The summed E-state index contributed by atoms with van der Waals surface area (Å²) in [5.41, 5.74) is 9.93. The van der Waals surface area contributed by atoms with Crippen LogP contribution < -0.4 is 30.0 Å². The summed E-state index contributed by atoms with van der Waals surface area (Å²) in [5.74, 6) is 4.93. The normalized spacial score (nSPS) is 32.3. The van der Waals surface area contributed by atoms with Gasteiger partial charge in [0.05, 0.1) is 0 Å². The second-order valence-electron chi connectivity index (χ2n) is 16.6. The zero-order chi connectivity index (χ0) is 32.9. The Morgan fingerprint density at radius 2 is 1.51 bits per heavy atom. The fourth-order valence-corrected chi connectivity index (χ4v) is 11.8. The number of rotatable bonds is 1. The van der Waals surface area contributed by atoms with Crippen molar-refractivity contribution in [3.63, 3.8) is 0 Å². The molecule has 2 fully saturated rings. The molecule has 7 rings (SSSR count). The quantitative estimate of drug-likeness (QED) is 0.273. The van der Waals surface area contributed by atoms with Gasteiger partial charge in [0.1, 0.15) is 0 Å². The zero-order valence-corrected chi connectivity index (χ0v) is 36.1. The van der Waals surface area contributed by atoms with E-state index in [-0.39, 0.29) is 35.6 Å². The van der Waals surface area contributed by atoms with Crippen molar-refractivity contribution in [2.75, 3.05) is 0 Å². The Labute approximate surface area is 317 Å². The summed E-state index contributed by atoms with van der Waals surface area (Å²) in [5, 5.41) is 1.56. The first-order chi connectivity index (χ1) is 21.2.